The average Bonchev–Trinajstić information content (AvgIpc) is 2.90. The first-order valence-electron chi connectivity index (χ1n) is 7.10. The Morgan fingerprint density at radius 1 is 1.35 bits per heavy atom. The standard InChI is InChI=1S/C15H21FN4/c1-3-8-17-14(12-6-5-7-13(16)9-12)10-15-18-11-19-20(15)4-2/h5-7,9,11,14,17H,3-4,8,10H2,1-2H3. The van der Waals surface area contributed by atoms with Gasteiger partial charge in [-0.2, -0.15) is 5.10 Å². The minimum absolute atomic E-state index is 0.0557. The van der Waals surface area contributed by atoms with Gasteiger partial charge in [-0.1, -0.05) is 19.1 Å². The van der Waals surface area contributed by atoms with Gasteiger partial charge in [0.05, 0.1) is 0 Å². The molecule has 1 unspecified atom stereocenters. The molecule has 0 fully saturated rings. The van der Waals surface area contributed by atoms with E-state index < -0.39 is 0 Å². The Labute approximate surface area is 119 Å². The molecule has 0 aliphatic carbocycles. The smallest absolute Gasteiger partial charge is 0.138 e. The molecular formula is C15H21FN4. The van der Waals surface area contributed by atoms with Gasteiger partial charge in [0.15, 0.2) is 0 Å². The molecule has 108 valence electrons. The van der Waals surface area contributed by atoms with E-state index in [9.17, 15) is 4.39 Å². The van der Waals surface area contributed by atoms with Crippen LogP contribution in [0, 0.1) is 5.82 Å². The maximum absolute atomic E-state index is 13.4. The highest BCUT2D eigenvalue weighted by molar-refractivity contribution is 5.21. The third-order valence-corrected chi connectivity index (χ3v) is 3.27. The summed E-state index contributed by atoms with van der Waals surface area (Å²) < 4.78 is 15.3. The topological polar surface area (TPSA) is 42.7 Å². The van der Waals surface area contributed by atoms with Crippen molar-refractivity contribution in [3.05, 3.63) is 47.8 Å². The first-order valence-corrected chi connectivity index (χ1v) is 7.10. The molecule has 0 amide bonds. The van der Waals surface area contributed by atoms with Gasteiger partial charge in [0, 0.05) is 19.0 Å². The summed E-state index contributed by atoms with van der Waals surface area (Å²) in [5, 5.41) is 7.64. The third-order valence-electron chi connectivity index (χ3n) is 3.27. The van der Waals surface area contributed by atoms with E-state index in [1.807, 2.05) is 17.7 Å². The van der Waals surface area contributed by atoms with Crippen molar-refractivity contribution >= 4 is 0 Å². The number of aromatic nitrogens is 3. The quantitative estimate of drug-likeness (QED) is 0.845. The molecule has 1 heterocycles. The zero-order valence-corrected chi connectivity index (χ0v) is 12.0. The summed E-state index contributed by atoms with van der Waals surface area (Å²) >= 11 is 0. The van der Waals surface area contributed by atoms with Crippen molar-refractivity contribution < 1.29 is 4.39 Å². The lowest BCUT2D eigenvalue weighted by Crippen LogP contribution is -2.25. The zero-order valence-electron chi connectivity index (χ0n) is 12.0. The van der Waals surface area contributed by atoms with Gasteiger partial charge >= 0.3 is 0 Å². The molecule has 0 bridgehead atoms. The molecule has 4 nitrogen and oxygen atoms in total. The Hall–Kier alpha value is -1.75. The van der Waals surface area contributed by atoms with Gasteiger partial charge in [-0.25, -0.2) is 9.37 Å². The summed E-state index contributed by atoms with van der Waals surface area (Å²) in [4.78, 5) is 4.30. The zero-order chi connectivity index (χ0) is 14.4. The molecule has 2 rings (SSSR count). The average molecular weight is 276 g/mol. The van der Waals surface area contributed by atoms with Gasteiger partial charge in [-0.15, -0.1) is 0 Å². The SMILES string of the molecule is CCCNC(Cc1ncnn1CC)c1cccc(F)c1. The Morgan fingerprint density at radius 2 is 2.20 bits per heavy atom. The van der Waals surface area contributed by atoms with Crippen molar-refractivity contribution in [1.82, 2.24) is 20.1 Å². The number of rotatable bonds is 7. The van der Waals surface area contributed by atoms with Crippen LogP contribution in [-0.4, -0.2) is 21.3 Å². The molecule has 0 spiro atoms. The predicted molar refractivity (Wildman–Crippen MR) is 76.8 cm³/mol. The minimum Gasteiger partial charge on any atom is -0.310 e. The summed E-state index contributed by atoms with van der Waals surface area (Å²) in [6, 6.07) is 6.80. The third kappa shape index (κ3) is 3.63. The van der Waals surface area contributed by atoms with Crippen molar-refractivity contribution in [2.24, 2.45) is 0 Å². The fraction of sp³-hybridized carbons (Fsp3) is 0.467. The number of hydrogen-bond donors (Lipinski definition) is 1. The van der Waals surface area contributed by atoms with Crippen LogP contribution < -0.4 is 5.32 Å². The van der Waals surface area contributed by atoms with Crippen molar-refractivity contribution in [3.8, 4) is 0 Å². The molecule has 0 aliphatic heterocycles. The second kappa shape index (κ2) is 7.14. The number of halogens is 1. The van der Waals surface area contributed by atoms with Crippen LogP contribution in [0.5, 0.6) is 0 Å². The Balaban J connectivity index is 2.19. The minimum atomic E-state index is -0.206. The fourth-order valence-electron chi connectivity index (χ4n) is 2.24. The van der Waals surface area contributed by atoms with Crippen LogP contribution in [0.25, 0.3) is 0 Å². The lowest BCUT2D eigenvalue weighted by atomic mass is 10.0. The number of nitrogens with one attached hydrogen (secondary N) is 1. The summed E-state index contributed by atoms with van der Waals surface area (Å²) in [5.41, 5.74) is 0.948. The summed E-state index contributed by atoms with van der Waals surface area (Å²) in [6.45, 7) is 5.83. The maximum Gasteiger partial charge on any atom is 0.138 e. The molecule has 0 radical (unpaired) electrons. The Morgan fingerprint density at radius 3 is 2.90 bits per heavy atom. The van der Waals surface area contributed by atoms with E-state index in [0.717, 1.165) is 30.9 Å². The van der Waals surface area contributed by atoms with E-state index in [1.54, 1.807) is 18.5 Å². The van der Waals surface area contributed by atoms with Gasteiger partial charge in [0.2, 0.25) is 0 Å². The van der Waals surface area contributed by atoms with Gasteiger partial charge in [0.25, 0.3) is 0 Å². The van der Waals surface area contributed by atoms with Crippen molar-refractivity contribution in [2.45, 2.75) is 39.3 Å². The molecule has 1 aromatic carbocycles. The van der Waals surface area contributed by atoms with Crippen LogP contribution >= 0.6 is 0 Å². The van der Waals surface area contributed by atoms with E-state index in [1.165, 1.54) is 6.07 Å². The van der Waals surface area contributed by atoms with Crippen LogP contribution in [0.15, 0.2) is 30.6 Å². The first kappa shape index (κ1) is 14.7. The van der Waals surface area contributed by atoms with Crippen molar-refractivity contribution in [3.63, 3.8) is 0 Å². The number of hydrogen-bond acceptors (Lipinski definition) is 3. The highest BCUT2D eigenvalue weighted by atomic mass is 19.1. The number of aryl methyl sites for hydroxylation is 1. The molecule has 1 atom stereocenters. The molecule has 0 saturated heterocycles. The lowest BCUT2D eigenvalue weighted by Gasteiger charge is -2.19. The lowest BCUT2D eigenvalue weighted by molar-refractivity contribution is 0.494. The molecule has 5 heteroatoms. The monoisotopic (exact) mass is 276 g/mol. The Bertz CT molecular complexity index is 538. The molecule has 1 aromatic heterocycles. The molecule has 20 heavy (non-hydrogen) atoms. The highest BCUT2D eigenvalue weighted by Gasteiger charge is 2.15. The van der Waals surface area contributed by atoms with E-state index in [4.69, 9.17) is 0 Å². The van der Waals surface area contributed by atoms with Crippen LogP contribution in [0.3, 0.4) is 0 Å². The van der Waals surface area contributed by atoms with Gasteiger partial charge < -0.3 is 5.32 Å². The van der Waals surface area contributed by atoms with Crippen molar-refractivity contribution in [2.75, 3.05) is 6.54 Å². The largest absolute Gasteiger partial charge is 0.310 e. The molecule has 0 saturated carbocycles. The van der Waals surface area contributed by atoms with Crippen LogP contribution in [0.4, 0.5) is 4.39 Å². The number of nitrogens with zero attached hydrogens (tertiary/aromatic N) is 3. The summed E-state index contributed by atoms with van der Waals surface area (Å²) in [7, 11) is 0. The predicted octanol–water partition coefficient (Wildman–Crippen LogP) is 2.72. The van der Waals surface area contributed by atoms with E-state index >= 15 is 0 Å². The van der Waals surface area contributed by atoms with E-state index in [0.29, 0.717) is 6.42 Å². The molecular weight excluding hydrogens is 255 g/mol. The molecule has 1 N–H and O–H groups in total. The van der Waals surface area contributed by atoms with Crippen LogP contribution in [0.2, 0.25) is 0 Å². The van der Waals surface area contributed by atoms with Gasteiger partial charge in [0.1, 0.15) is 18.0 Å². The first-order chi connectivity index (χ1) is 9.74. The maximum atomic E-state index is 13.4. The van der Waals surface area contributed by atoms with Crippen LogP contribution in [-0.2, 0) is 13.0 Å². The normalized spacial score (nSPS) is 12.6. The number of benzene rings is 1. The summed E-state index contributed by atoms with van der Waals surface area (Å²) in [5.74, 6) is 0.716. The second-order valence-corrected chi connectivity index (χ2v) is 4.76. The van der Waals surface area contributed by atoms with E-state index in [-0.39, 0.29) is 11.9 Å². The van der Waals surface area contributed by atoms with E-state index in [2.05, 4.69) is 22.3 Å². The Kier molecular flexibility index (Phi) is 5.24. The summed E-state index contributed by atoms with van der Waals surface area (Å²) in [6.07, 6.45) is 3.31. The van der Waals surface area contributed by atoms with Gasteiger partial charge in [-0.3, -0.25) is 4.68 Å². The molecule has 2 aromatic rings. The van der Waals surface area contributed by atoms with Crippen LogP contribution in [0.1, 0.15) is 37.7 Å². The fourth-order valence-corrected chi connectivity index (χ4v) is 2.24. The second-order valence-electron chi connectivity index (χ2n) is 4.76. The molecule has 0 aliphatic rings. The highest BCUT2D eigenvalue weighted by Crippen LogP contribution is 2.18. The van der Waals surface area contributed by atoms with Gasteiger partial charge in [-0.05, 0) is 37.6 Å². The van der Waals surface area contributed by atoms with Crippen molar-refractivity contribution in [1.29, 1.82) is 0 Å².